The average molecular weight is 511 g/mol. The number of benzene rings is 3. The Morgan fingerprint density at radius 2 is 1.79 bits per heavy atom. The van der Waals surface area contributed by atoms with Crippen LogP contribution in [0.25, 0.3) is 10.9 Å². The predicted octanol–water partition coefficient (Wildman–Crippen LogP) is 4.13. The van der Waals surface area contributed by atoms with Crippen LogP contribution in [0.2, 0.25) is 0 Å². The zero-order chi connectivity index (χ0) is 26.1. The van der Waals surface area contributed by atoms with E-state index in [-0.39, 0.29) is 6.04 Å². The van der Waals surface area contributed by atoms with E-state index < -0.39 is 12.0 Å². The summed E-state index contributed by atoms with van der Waals surface area (Å²) in [7, 11) is 1.67. The minimum atomic E-state index is -1.04. The van der Waals surface area contributed by atoms with Gasteiger partial charge in [0.2, 0.25) is 0 Å². The Morgan fingerprint density at radius 3 is 2.61 bits per heavy atom. The summed E-state index contributed by atoms with van der Waals surface area (Å²) >= 11 is 0. The number of aliphatic carboxylic acids is 1. The van der Waals surface area contributed by atoms with Gasteiger partial charge in [-0.05, 0) is 60.2 Å². The number of ether oxygens (including phenoxy) is 2. The summed E-state index contributed by atoms with van der Waals surface area (Å²) in [6.45, 7) is 0.372. The van der Waals surface area contributed by atoms with Gasteiger partial charge in [0, 0.05) is 28.5 Å². The van der Waals surface area contributed by atoms with Crippen LogP contribution in [0.4, 0.5) is 0 Å². The summed E-state index contributed by atoms with van der Waals surface area (Å²) < 4.78 is 12.1. The molecule has 196 valence electrons. The normalized spacial score (nSPS) is 19.7. The van der Waals surface area contributed by atoms with E-state index in [1.807, 2.05) is 41.7 Å². The van der Waals surface area contributed by atoms with E-state index in [4.69, 9.17) is 9.47 Å². The molecule has 38 heavy (non-hydrogen) atoms. The van der Waals surface area contributed by atoms with Crippen LogP contribution in [0.15, 0.2) is 66.7 Å². The third-order valence-electron chi connectivity index (χ3n) is 8.32. The Morgan fingerprint density at radius 1 is 1.00 bits per heavy atom. The second-order valence-electron chi connectivity index (χ2n) is 10.6. The van der Waals surface area contributed by atoms with Crippen LogP contribution >= 0.6 is 0 Å². The van der Waals surface area contributed by atoms with Crippen LogP contribution in [-0.2, 0) is 17.8 Å². The number of carbonyl (C=O) groups is 1. The topological polar surface area (TPSA) is 91.0 Å². The smallest absolute Gasteiger partial charge is 0.153 e. The number of H-pyrrole nitrogens is 1. The molecule has 2 atom stereocenters. The molecule has 4 aromatic rings. The zero-order valence-electron chi connectivity index (χ0n) is 21.7. The molecule has 6 heteroatoms. The van der Waals surface area contributed by atoms with Gasteiger partial charge < -0.3 is 29.7 Å². The van der Waals surface area contributed by atoms with Crippen molar-refractivity contribution in [2.45, 2.75) is 63.1 Å². The van der Waals surface area contributed by atoms with E-state index in [1.54, 1.807) is 7.11 Å². The summed E-state index contributed by atoms with van der Waals surface area (Å²) in [4.78, 5) is 15.6. The number of carboxylic acid groups (broad SMARTS) is 1. The molecule has 6 nitrogen and oxygen atoms in total. The molecule has 6 rings (SSSR count). The summed E-state index contributed by atoms with van der Waals surface area (Å²) in [5, 5.41) is 15.0. The van der Waals surface area contributed by atoms with Crippen LogP contribution in [0.3, 0.4) is 0 Å². The molecule has 0 bridgehead atoms. The quantitative estimate of drug-likeness (QED) is 0.391. The fourth-order valence-electron chi connectivity index (χ4n) is 6.39. The van der Waals surface area contributed by atoms with Crippen molar-refractivity contribution in [3.05, 3.63) is 94.7 Å². The Kier molecular flexibility index (Phi) is 6.81. The highest BCUT2D eigenvalue weighted by Crippen LogP contribution is 2.38. The maximum atomic E-state index is 12.0. The fraction of sp³-hybridized carbons (Fsp3) is 0.344. The third kappa shape index (κ3) is 4.65. The molecule has 2 aliphatic rings. The Bertz CT molecular complexity index is 1450. The summed E-state index contributed by atoms with van der Waals surface area (Å²) in [5.41, 5.74) is 6.35. The highest BCUT2D eigenvalue weighted by atomic mass is 16.5. The molecule has 1 aliphatic heterocycles. The number of carboxylic acids is 1. The number of aromatic nitrogens is 1. The molecule has 0 saturated heterocycles. The Labute approximate surface area is 223 Å². The van der Waals surface area contributed by atoms with Gasteiger partial charge >= 0.3 is 0 Å². The molecule has 1 aromatic heterocycles. The summed E-state index contributed by atoms with van der Waals surface area (Å²) in [5.74, 6) is 1.20. The van der Waals surface area contributed by atoms with Crippen molar-refractivity contribution in [3.63, 3.8) is 0 Å². The number of rotatable bonds is 7. The number of nitrogens with two attached hydrogens (primary N) is 1. The van der Waals surface area contributed by atoms with E-state index in [1.165, 1.54) is 37.7 Å². The molecule has 2 heterocycles. The first-order chi connectivity index (χ1) is 18.6. The highest BCUT2D eigenvalue weighted by molar-refractivity contribution is 5.86. The third-order valence-corrected chi connectivity index (χ3v) is 8.32. The van der Waals surface area contributed by atoms with Crippen molar-refractivity contribution in [1.82, 2.24) is 4.98 Å². The van der Waals surface area contributed by atoms with Crippen LogP contribution in [0.5, 0.6) is 11.5 Å². The van der Waals surface area contributed by atoms with Gasteiger partial charge in [0.1, 0.15) is 24.1 Å². The molecule has 3 aromatic carbocycles. The lowest BCUT2D eigenvalue weighted by molar-refractivity contribution is -0.717. The molecule has 0 amide bonds. The first-order valence-corrected chi connectivity index (χ1v) is 13.7. The Hall–Kier alpha value is -3.77. The van der Waals surface area contributed by atoms with Crippen molar-refractivity contribution < 1.29 is 24.7 Å². The number of nitrogens with one attached hydrogen (secondary N) is 1. The van der Waals surface area contributed by atoms with Gasteiger partial charge in [-0.3, -0.25) is 0 Å². The lowest BCUT2D eigenvalue weighted by atomic mass is 9.84. The molecule has 0 radical (unpaired) electrons. The van der Waals surface area contributed by atoms with Crippen molar-refractivity contribution >= 4 is 16.9 Å². The maximum Gasteiger partial charge on any atom is 0.153 e. The standard InChI is InChI=1S/C32H34N2O4/c1-37-28-16-15-21(17-22(28)19-38-29-14-8-6-11-23(29)20-9-3-2-4-10-20)30-31-25(18-27(34-30)32(35)36)24-12-5-7-13-26(24)33-31/h5-8,11-17,20,27,30,33-34H,2-4,9-10,18-19H2,1H3,(H,35,36)/t27-,30-/m0/s1. The zero-order valence-corrected chi connectivity index (χ0v) is 21.7. The largest absolute Gasteiger partial charge is 0.544 e. The van der Waals surface area contributed by atoms with Crippen LogP contribution in [0, 0.1) is 0 Å². The summed E-state index contributed by atoms with van der Waals surface area (Å²) in [6, 6.07) is 21.7. The first-order valence-electron chi connectivity index (χ1n) is 13.7. The van der Waals surface area contributed by atoms with Gasteiger partial charge in [-0.2, -0.15) is 0 Å². The molecule has 0 spiro atoms. The minimum Gasteiger partial charge on any atom is -0.544 e. The molecule has 3 N–H and O–H groups in total. The second kappa shape index (κ2) is 10.5. The van der Waals surface area contributed by atoms with E-state index in [0.29, 0.717) is 18.9 Å². The first kappa shape index (κ1) is 24.6. The number of methoxy groups -OCH3 is 1. The van der Waals surface area contributed by atoms with E-state index in [9.17, 15) is 9.90 Å². The van der Waals surface area contributed by atoms with E-state index in [2.05, 4.69) is 35.3 Å². The minimum absolute atomic E-state index is 0.201. The highest BCUT2D eigenvalue weighted by Gasteiger charge is 2.35. The van der Waals surface area contributed by atoms with Crippen molar-refractivity contribution in [1.29, 1.82) is 0 Å². The number of fused-ring (bicyclic) bond motifs is 3. The van der Waals surface area contributed by atoms with Gasteiger partial charge in [0.15, 0.2) is 6.04 Å². The molecular weight excluding hydrogens is 476 g/mol. The SMILES string of the molecule is COc1ccc([C@@H]2[NH2+][C@H](C(=O)[O-])Cc3c2[nH]c2ccccc32)cc1COc1ccccc1C1CCCCC1. The lowest BCUT2D eigenvalue weighted by Gasteiger charge is -2.29. The van der Waals surface area contributed by atoms with Crippen molar-refractivity contribution in [3.8, 4) is 11.5 Å². The monoisotopic (exact) mass is 510 g/mol. The molecule has 1 saturated carbocycles. The van der Waals surface area contributed by atoms with Gasteiger partial charge in [-0.15, -0.1) is 0 Å². The van der Waals surface area contributed by atoms with Gasteiger partial charge in [0.25, 0.3) is 0 Å². The number of para-hydroxylation sites is 2. The lowest BCUT2D eigenvalue weighted by Crippen LogP contribution is -2.95. The Balaban J connectivity index is 1.32. The van der Waals surface area contributed by atoms with Crippen molar-refractivity contribution in [2.24, 2.45) is 0 Å². The number of aromatic amines is 1. The van der Waals surface area contributed by atoms with Gasteiger partial charge in [0.05, 0.1) is 18.8 Å². The molecule has 1 fully saturated rings. The molecule has 1 aliphatic carbocycles. The van der Waals surface area contributed by atoms with Crippen LogP contribution in [-0.4, -0.2) is 24.1 Å². The van der Waals surface area contributed by atoms with Crippen LogP contribution < -0.4 is 19.9 Å². The average Bonchev–Trinajstić information content (AvgIpc) is 3.35. The fourth-order valence-corrected chi connectivity index (χ4v) is 6.39. The number of quaternary nitrogens is 1. The van der Waals surface area contributed by atoms with Gasteiger partial charge in [-0.25, -0.2) is 0 Å². The van der Waals surface area contributed by atoms with E-state index in [0.717, 1.165) is 44.8 Å². The molecular formula is C32H34N2O4. The number of carbonyl (C=O) groups excluding carboxylic acids is 1. The second-order valence-corrected chi connectivity index (χ2v) is 10.6. The summed E-state index contributed by atoms with van der Waals surface area (Å²) in [6.07, 6.45) is 6.72. The van der Waals surface area contributed by atoms with E-state index >= 15 is 0 Å². The number of hydrogen-bond donors (Lipinski definition) is 2. The number of hydrogen-bond acceptors (Lipinski definition) is 4. The maximum absolute atomic E-state index is 12.0. The van der Waals surface area contributed by atoms with Crippen molar-refractivity contribution in [2.75, 3.05) is 7.11 Å². The molecule has 0 unspecified atom stereocenters. The van der Waals surface area contributed by atoms with Crippen LogP contribution in [0.1, 0.15) is 72.0 Å². The van der Waals surface area contributed by atoms with Gasteiger partial charge in [-0.1, -0.05) is 55.7 Å². The predicted molar refractivity (Wildman–Crippen MR) is 144 cm³/mol.